The highest BCUT2D eigenvalue weighted by Crippen LogP contribution is 2.27. The van der Waals surface area contributed by atoms with Gasteiger partial charge in [-0.1, -0.05) is 32.9 Å². The zero-order valence-corrected chi connectivity index (χ0v) is 13.1. The molecule has 0 saturated heterocycles. The minimum Gasteiger partial charge on any atom is -0.328 e. The normalized spacial score (nSPS) is 13.4. The number of benzene rings is 1. The number of hydrogen-bond acceptors (Lipinski definition) is 2. The highest BCUT2D eigenvalue weighted by atomic mass is 16.1. The van der Waals surface area contributed by atoms with E-state index in [-0.39, 0.29) is 17.2 Å². The molecular formula is C17H27NO. The van der Waals surface area contributed by atoms with Gasteiger partial charge in [-0.3, -0.25) is 4.79 Å². The monoisotopic (exact) mass is 261 g/mol. The summed E-state index contributed by atoms with van der Waals surface area (Å²) in [5, 5.41) is 0. The van der Waals surface area contributed by atoms with Gasteiger partial charge in [-0.2, -0.15) is 0 Å². The molecule has 0 aliphatic carbocycles. The fourth-order valence-corrected chi connectivity index (χ4v) is 2.32. The molecule has 0 amide bonds. The van der Waals surface area contributed by atoms with Crippen molar-refractivity contribution >= 4 is 5.78 Å². The van der Waals surface area contributed by atoms with Crippen LogP contribution in [0.2, 0.25) is 0 Å². The minimum atomic E-state index is 0.0819. The van der Waals surface area contributed by atoms with Gasteiger partial charge in [-0.15, -0.1) is 0 Å². The van der Waals surface area contributed by atoms with E-state index in [0.29, 0.717) is 6.42 Å². The van der Waals surface area contributed by atoms with Crippen molar-refractivity contribution in [3.05, 3.63) is 34.4 Å². The molecule has 0 aliphatic heterocycles. The van der Waals surface area contributed by atoms with E-state index in [2.05, 4.69) is 32.9 Å². The maximum atomic E-state index is 12.3. The van der Waals surface area contributed by atoms with Crippen molar-refractivity contribution in [3.63, 3.8) is 0 Å². The molecule has 106 valence electrons. The van der Waals surface area contributed by atoms with E-state index in [1.807, 2.05) is 20.8 Å². The Morgan fingerprint density at radius 1 is 1.21 bits per heavy atom. The maximum Gasteiger partial charge on any atom is 0.163 e. The first-order valence-corrected chi connectivity index (χ1v) is 7.03. The Morgan fingerprint density at radius 3 is 2.05 bits per heavy atom. The highest BCUT2D eigenvalue weighted by molar-refractivity contribution is 5.98. The number of rotatable bonds is 4. The lowest BCUT2D eigenvalue weighted by Crippen LogP contribution is -2.18. The predicted molar refractivity (Wildman–Crippen MR) is 81.8 cm³/mol. The Kier molecular flexibility index (Phi) is 4.92. The van der Waals surface area contributed by atoms with Gasteiger partial charge in [0.2, 0.25) is 0 Å². The van der Waals surface area contributed by atoms with Crippen LogP contribution in [0.25, 0.3) is 0 Å². The van der Waals surface area contributed by atoms with Gasteiger partial charge in [0.1, 0.15) is 0 Å². The summed E-state index contributed by atoms with van der Waals surface area (Å²) in [7, 11) is 0. The fraction of sp³-hybridized carbons (Fsp3) is 0.588. The van der Waals surface area contributed by atoms with E-state index >= 15 is 0 Å². The molecule has 1 rings (SSSR count). The molecule has 1 atom stereocenters. The molecule has 0 fully saturated rings. The first-order valence-electron chi connectivity index (χ1n) is 7.03. The molecule has 19 heavy (non-hydrogen) atoms. The first-order chi connectivity index (χ1) is 8.62. The Hall–Kier alpha value is -1.15. The number of carbonyl (C=O) groups excluding carboxylic acids is 1. The van der Waals surface area contributed by atoms with Crippen LogP contribution in [0, 0.1) is 13.8 Å². The average molecular weight is 261 g/mol. The van der Waals surface area contributed by atoms with Crippen LogP contribution in [0.5, 0.6) is 0 Å². The number of hydrogen-bond donors (Lipinski definition) is 1. The van der Waals surface area contributed by atoms with Crippen molar-refractivity contribution in [2.45, 2.75) is 65.8 Å². The number of nitrogens with two attached hydrogens (primary N) is 1. The van der Waals surface area contributed by atoms with Gasteiger partial charge >= 0.3 is 0 Å². The van der Waals surface area contributed by atoms with Gasteiger partial charge in [0, 0.05) is 18.0 Å². The van der Waals surface area contributed by atoms with Gasteiger partial charge in [-0.05, 0) is 49.3 Å². The van der Waals surface area contributed by atoms with E-state index < -0.39 is 0 Å². The second kappa shape index (κ2) is 5.87. The van der Waals surface area contributed by atoms with Crippen molar-refractivity contribution in [3.8, 4) is 0 Å². The summed E-state index contributed by atoms with van der Waals surface area (Å²) in [6.07, 6.45) is 1.28. The summed E-state index contributed by atoms with van der Waals surface area (Å²) in [6, 6.07) is 4.37. The SMILES string of the molecule is Cc1cc(C(C)(C)C)cc(C)c1C(=O)CCC(C)N. The molecule has 0 aliphatic rings. The van der Waals surface area contributed by atoms with Crippen molar-refractivity contribution in [2.24, 2.45) is 5.73 Å². The zero-order chi connectivity index (χ0) is 14.8. The Morgan fingerprint density at radius 2 is 1.68 bits per heavy atom. The molecule has 1 aromatic rings. The van der Waals surface area contributed by atoms with E-state index in [1.54, 1.807) is 0 Å². The Balaban J connectivity index is 3.07. The first kappa shape index (κ1) is 15.9. The summed E-state index contributed by atoms with van der Waals surface area (Å²) in [5.41, 5.74) is 10.2. The molecule has 0 bridgehead atoms. The Bertz CT molecular complexity index is 444. The second-order valence-electron chi connectivity index (χ2n) is 6.67. The van der Waals surface area contributed by atoms with Crippen molar-refractivity contribution in [2.75, 3.05) is 0 Å². The van der Waals surface area contributed by atoms with Crippen molar-refractivity contribution in [1.82, 2.24) is 0 Å². The summed E-state index contributed by atoms with van der Waals surface area (Å²) in [6.45, 7) is 12.6. The quantitative estimate of drug-likeness (QED) is 0.835. The molecule has 2 N–H and O–H groups in total. The molecule has 0 aromatic heterocycles. The van der Waals surface area contributed by atoms with Crippen molar-refractivity contribution in [1.29, 1.82) is 0 Å². The molecule has 1 aromatic carbocycles. The van der Waals surface area contributed by atoms with Gasteiger partial charge in [0.25, 0.3) is 0 Å². The number of Topliss-reactive ketones (excluding diaryl/α,β-unsaturated/α-hetero) is 1. The van der Waals surface area contributed by atoms with E-state index in [9.17, 15) is 4.79 Å². The lowest BCUT2D eigenvalue weighted by molar-refractivity contribution is 0.0976. The predicted octanol–water partition coefficient (Wildman–Crippen LogP) is 3.91. The van der Waals surface area contributed by atoms with Crippen LogP contribution >= 0.6 is 0 Å². The molecule has 2 nitrogen and oxygen atoms in total. The number of ketones is 1. The van der Waals surface area contributed by atoms with Crippen LogP contribution in [0.15, 0.2) is 12.1 Å². The Labute approximate surface area is 117 Å². The lowest BCUT2D eigenvalue weighted by atomic mass is 9.83. The van der Waals surface area contributed by atoms with Gasteiger partial charge in [0.05, 0.1) is 0 Å². The largest absolute Gasteiger partial charge is 0.328 e. The molecule has 0 spiro atoms. The molecule has 0 saturated carbocycles. The topological polar surface area (TPSA) is 43.1 Å². The summed E-state index contributed by atoms with van der Waals surface area (Å²) < 4.78 is 0. The highest BCUT2D eigenvalue weighted by Gasteiger charge is 2.19. The van der Waals surface area contributed by atoms with Gasteiger partial charge < -0.3 is 5.73 Å². The number of aryl methyl sites for hydroxylation is 2. The standard InChI is InChI=1S/C17H27NO/c1-11-9-14(17(4,5)6)10-12(2)16(11)15(19)8-7-13(3)18/h9-10,13H,7-8,18H2,1-6H3. The van der Waals surface area contributed by atoms with E-state index in [1.165, 1.54) is 5.56 Å². The smallest absolute Gasteiger partial charge is 0.163 e. The third-order valence-corrected chi connectivity index (χ3v) is 3.50. The summed E-state index contributed by atoms with van der Waals surface area (Å²) in [4.78, 5) is 12.3. The van der Waals surface area contributed by atoms with Gasteiger partial charge in [-0.25, -0.2) is 0 Å². The van der Waals surface area contributed by atoms with Crippen LogP contribution < -0.4 is 5.73 Å². The molecule has 0 radical (unpaired) electrons. The van der Waals surface area contributed by atoms with E-state index in [4.69, 9.17) is 5.73 Å². The molecular weight excluding hydrogens is 234 g/mol. The van der Waals surface area contributed by atoms with Gasteiger partial charge in [0.15, 0.2) is 5.78 Å². The summed E-state index contributed by atoms with van der Waals surface area (Å²) >= 11 is 0. The van der Waals surface area contributed by atoms with Crippen LogP contribution in [-0.4, -0.2) is 11.8 Å². The van der Waals surface area contributed by atoms with Crippen LogP contribution in [0.4, 0.5) is 0 Å². The van der Waals surface area contributed by atoms with Crippen LogP contribution in [-0.2, 0) is 5.41 Å². The zero-order valence-electron chi connectivity index (χ0n) is 13.1. The lowest BCUT2D eigenvalue weighted by Gasteiger charge is -2.22. The van der Waals surface area contributed by atoms with Crippen molar-refractivity contribution < 1.29 is 4.79 Å². The van der Waals surface area contributed by atoms with Crippen LogP contribution in [0.3, 0.4) is 0 Å². The molecule has 1 unspecified atom stereocenters. The molecule has 0 heterocycles. The second-order valence-corrected chi connectivity index (χ2v) is 6.67. The third-order valence-electron chi connectivity index (χ3n) is 3.50. The maximum absolute atomic E-state index is 12.3. The number of carbonyl (C=O) groups is 1. The van der Waals surface area contributed by atoms with Crippen LogP contribution in [0.1, 0.15) is 67.6 Å². The summed E-state index contributed by atoms with van der Waals surface area (Å²) in [5.74, 6) is 0.216. The minimum absolute atomic E-state index is 0.0819. The molecule has 2 heteroatoms. The van der Waals surface area contributed by atoms with E-state index in [0.717, 1.165) is 23.1 Å². The average Bonchev–Trinajstić information content (AvgIpc) is 2.24. The third kappa shape index (κ3) is 4.17. The fourth-order valence-electron chi connectivity index (χ4n) is 2.32.